The molecule has 30 heavy (non-hydrogen) atoms. The Morgan fingerprint density at radius 2 is 2.20 bits per heavy atom. The Morgan fingerprint density at radius 1 is 1.37 bits per heavy atom. The van der Waals surface area contributed by atoms with Crippen LogP contribution < -0.4 is 10.2 Å². The van der Waals surface area contributed by atoms with Crippen molar-refractivity contribution in [1.82, 2.24) is 15.2 Å². The van der Waals surface area contributed by atoms with E-state index in [1.54, 1.807) is 24.0 Å². The lowest BCUT2D eigenvalue weighted by Crippen LogP contribution is -2.42. The van der Waals surface area contributed by atoms with Crippen LogP contribution in [0.15, 0.2) is 30.5 Å². The Bertz CT molecular complexity index is 1030. The maximum Gasteiger partial charge on any atom is 0.252 e. The highest BCUT2D eigenvalue weighted by Crippen LogP contribution is 2.35. The van der Waals surface area contributed by atoms with Gasteiger partial charge in [-0.1, -0.05) is 0 Å². The van der Waals surface area contributed by atoms with Crippen LogP contribution >= 0.6 is 11.8 Å². The topological polar surface area (TPSA) is 89.3 Å². The SMILES string of the molecule is CC1(C)CCCN1c1ccc2nccc(C(=O)NCC(=O)N3CSC[C@H]3C#N)c2c1. The summed E-state index contributed by atoms with van der Waals surface area (Å²) in [6, 6.07) is 9.42. The lowest BCUT2D eigenvalue weighted by molar-refractivity contribution is -0.129. The van der Waals surface area contributed by atoms with E-state index >= 15 is 0 Å². The predicted octanol–water partition coefficient (Wildman–Crippen LogP) is 2.77. The molecule has 1 aromatic carbocycles. The lowest BCUT2D eigenvalue weighted by Gasteiger charge is -2.34. The van der Waals surface area contributed by atoms with Crippen molar-refractivity contribution in [3.8, 4) is 6.07 Å². The Balaban J connectivity index is 1.54. The fourth-order valence-electron chi connectivity index (χ4n) is 4.23. The molecule has 7 nitrogen and oxygen atoms in total. The van der Waals surface area contributed by atoms with E-state index in [9.17, 15) is 9.59 Å². The van der Waals surface area contributed by atoms with Gasteiger partial charge in [0.25, 0.3) is 5.91 Å². The van der Waals surface area contributed by atoms with Crippen molar-refractivity contribution in [2.75, 3.05) is 29.6 Å². The van der Waals surface area contributed by atoms with E-state index in [-0.39, 0.29) is 23.9 Å². The van der Waals surface area contributed by atoms with Gasteiger partial charge in [-0.15, -0.1) is 11.8 Å². The highest BCUT2D eigenvalue weighted by Gasteiger charge is 2.32. The first kappa shape index (κ1) is 20.5. The number of nitrogens with one attached hydrogen (secondary N) is 1. The molecule has 2 amide bonds. The minimum Gasteiger partial charge on any atom is -0.366 e. The molecule has 2 fully saturated rings. The zero-order valence-electron chi connectivity index (χ0n) is 17.2. The summed E-state index contributed by atoms with van der Waals surface area (Å²) in [4.78, 5) is 33.6. The first-order valence-electron chi connectivity index (χ1n) is 10.1. The number of carbonyl (C=O) groups is 2. The van der Waals surface area contributed by atoms with Gasteiger partial charge in [-0.05, 0) is 51.0 Å². The van der Waals surface area contributed by atoms with Crippen LogP contribution in [0.1, 0.15) is 37.0 Å². The minimum atomic E-state index is -0.424. The number of anilines is 1. The van der Waals surface area contributed by atoms with E-state index in [0.29, 0.717) is 17.2 Å². The number of hydrogen-bond acceptors (Lipinski definition) is 6. The van der Waals surface area contributed by atoms with Gasteiger partial charge in [0.15, 0.2) is 0 Å². The number of thioether (sulfide) groups is 1. The van der Waals surface area contributed by atoms with Gasteiger partial charge in [0, 0.05) is 35.1 Å². The van der Waals surface area contributed by atoms with Gasteiger partial charge >= 0.3 is 0 Å². The quantitative estimate of drug-likeness (QED) is 0.813. The molecule has 2 saturated heterocycles. The second-order valence-corrected chi connectivity index (χ2v) is 9.32. The van der Waals surface area contributed by atoms with Crippen LogP contribution in [0.25, 0.3) is 10.9 Å². The Hall–Kier alpha value is -2.79. The van der Waals surface area contributed by atoms with Crippen molar-refractivity contribution in [1.29, 1.82) is 5.26 Å². The molecule has 2 aliphatic heterocycles. The van der Waals surface area contributed by atoms with Gasteiger partial charge in [-0.2, -0.15) is 5.26 Å². The fraction of sp³-hybridized carbons (Fsp3) is 0.455. The second-order valence-electron chi connectivity index (χ2n) is 8.32. The standard InChI is InChI=1S/C22H25N5O2S/c1-22(2)7-3-9-27(22)15-4-5-19-18(10-15)17(6-8-24-19)21(29)25-12-20(28)26-14-30-13-16(26)11-23/h4-6,8,10,16H,3,7,9,12-14H2,1-2H3,(H,25,29)/t16-/m1/s1. The number of fused-ring (bicyclic) bond motifs is 1. The number of nitrogens with zero attached hydrogens (tertiary/aromatic N) is 4. The maximum atomic E-state index is 12.9. The van der Waals surface area contributed by atoms with Crippen molar-refractivity contribution in [2.24, 2.45) is 0 Å². The third kappa shape index (κ3) is 3.82. The van der Waals surface area contributed by atoms with E-state index in [4.69, 9.17) is 5.26 Å². The molecular formula is C22H25N5O2S. The molecule has 0 unspecified atom stereocenters. The lowest BCUT2D eigenvalue weighted by atomic mass is 10.0. The highest BCUT2D eigenvalue weighted by atomic mass is 32.2. The van der Waals surface area contributed by atoms with Gasteiger partial charge < -0.3 is 15.1 Å². The second kappa shape index (κ2) is 8.15. The molecule has 1 aromatic heterocycles. The zero-order chi connectivity index (χ0) is 21.3. The number of benzene rings is 1. The molecule has 0 bridgehead atoms. The summed E-state index contributed by atoms with van der Waals surface area (Å²) in [6.45, 7) is 5.33. The molecule has 2 aliphatic rings. The maximum absolute atomic E-state index is 12.9. The third-order valence-electron chi connectivity index (χ3n) is 5.93. The molecule has 8 heteroatoms. The van der Waals surface area contributed by atoms with E-state index in [0.717, 1.165) is 36.0 Å². The van der Waals surface area contributed by atoms with Crippen LogP contribution in [0.5, 0.6) is 0 Å². The van der Waals surface area contributed by atoms with Gasteiger partial charge in [0.05, 0.1) is 29.6 Å². The number of aromatic nitrogens is 1. The van der Waals surface area contributed by atoms with Crippen LogP contribution in [-0.4, -0.2) is 58.0 Å². The number of nitriles is 1. The molecule has 0 spiro atoms. The molecular weight excluding hydrogens is 398 g/mol. The third-order valence-corrected chi connectivity index (χ3v) is 6.95. The van der Waals surface area contributed by atoms with Crippen LogP contribution in [0.4, 0.5) is 5.69 Å². The molecule has 0 aliphatic carbocycles. The van der Waals surface area contributed by atoms with Gasteiger partial charge in [-0.3, -0.25) is 14.6 Å². The van der Waals surface area contributed by atoms with Gasteiger partial charge in [0.2, 0.25) is 5.91 Å². The predicted molar refractivity (Wildman–Crippen MR) is 118 cm³/mol. The van der Waals surface area contributed by atoms with Crippen molar-refractivity contribution in [2.45, 2.75) is 38.3 Å². The number of amides is 2. The normalized spacial score (nSPS) is 20.4. The van der Waals surface area contributed by atoms with Crippen LogP contribution in [0, 0.1) is 11.3 Å². The number of rotatable bonds is 4. The number of hydrogen-bond donors (Lipinski definition) is 1. The van der Waals surface area contributed by atoms with E-state index in [2.05, 4.69) is 41.2 Å². The summed E-state index contributed by atoms with van der Waals surface area (Å²) >= 11 is 1.55. The Morgan fingerprint density at radius 3 is 2.93 bits per heavy atom. The molecule has 156 valence electrons. The van der Waals surface area contributed by atoms with E-state index < -0.39 is 6.04 Å². The first-order chi connectivity index (χ1) is 14.4. The van der Waals surface area contributed by atoms with Crippen molar-refractivity contribution >= 4 is 40.2 Å². The fourth-order valence-corrected chi connectivity index (χ4v) is 5.34. The minimum absolute atomic E-state index is 0.0791. The summed E-state index contributed by atoms with van der Waals surface area (Å²) in [7, 11) is 0. The molecule has 1 N–H and O–H groups in total. The molecule has 3 heterocycles. The molecule has 0 radical (unpaired) electrons. The summed E-state index contributed by atoms with van der Waals surface area (Å²) in [5, 5.41) is 12.7. The zero-order valence-corrected chi connectivity index (χ0v) is 18.0. The van der Waals surface area contributed by atoms with Crippen LogP contribution in [0.3, 0.4) is 0 Å². The summed E-state index contributed by atoms with van der Waals surface area (Å²) in [5.41, 5.74) is 2.40. The molecule has 1 atom stereocenters. The highest BCUT2D eigenvalue weighted by molar-refractivity contribution is 7.99. The van der Waals surface area contributed by atoms with Crippen molar-refractivity contribution < 1.29 is 9.59 Å². The van der Waals surface area contributed by atoms with Crippen molar-refractivity contribution in [3.05, 3.63) is 36.0 Å². The monoisotopic (exact) mass is 423 g/mol. The molecule has 4 rings (SSSR count). The van der Waals surface area contributed by atoms with E-state index in [1.807, 2.05) is 12.1 Å². The summed E-state index contributed by atoms with van der Waals surface area (Å²) in [5.74, 6) is 0.549. The summed E-state index contributed by atoms with van der Waals surface area (Å²) < 4.78 is 0. The number of carbonyl (C=O) groups excluding carboxylic acids is 2. The van der Waals surface area contributed by atoms with Crippen LogP contribution in [-0.2, 0) is 4.79 Å². The average Bonchev–Trinajstić information content (AvgIpc) is 3.36. The van der Waals surface area contributed by atoms with Crippen LogP contribution in [0.2, 0.25) is 0 Å². The van der Waals surface area contributed by atoms with Crippen molar-refractivity contribution in [3.63, 3.8) is 0 Å². The Labute approximate surface area is 180 Å². The van der Waals surface area contributed by atoms with E-state index in [1.165, 1.54) is 4.90 Å². The smallest absolute Gasteiger partial charge is 0.252 e. The largest absolute Gasteiger partial charge is 0.366 e. The first-order valence-corrected chi connectivity index (χ1v) is 11.3. The molecule has 0 saturated carbocycles. The van der Waals surface area contributed by atoms with Gasteiger partial charge in [0.1, 0.15) is 6.04 Å². The Kier molecular flexibility index (Phi) is 5.56. The summed E-state index contributed by atoms with van der Waals surface area (Å²) in [6.07, 6.45) is 3.89. The number of pyridine rings is 1. The molecule has 2 aromatic rings. The average molecular weight is 424 g/mol. The van der Waals surface area contributed by atoms with Gasteiger partial charge in [-0.25, -0.2) is 0 Å².